The van der Waals surface area contributed by atoms with Crippen LogP contribution in [0.25, 0.3) is 0 Å². The highest BCUT2D eigenvalue weighted by atomic mass is 19.3. The molecule has 2 nitrogen and oxygen atoms in total. The maximum atomic E-state index is 12.9. The Morgan fingerprint density at radius 3 is 2.75 bits per heavy atom. The first-order chi connectivity index (χ1) is 9.47. The maximum absolute atomic E-state index is 12.9. The lowest BCUT2D eigenvalue weighted by atomic mass is 9.86. The Balaban J connectivity index is 2.08. The monoisotopic (exact) mass is 288 g/mol. The SMILES string of the molecule is C[C@H](F)CC[C@@H]1OCc2cc(OC(F)F)ccc2[C@@H]1C. The Bertz CT molecular complexity index is 449. The molecule has 1 heterocycles. The fourth-order valence-corrected chi connectivity index (χ4v) is 2.60. The minimum atomic E-state index is -2.83. The number of halogens is 3. The van der Waals surface area contributed by atoms with Crippen LogP contribution in [0, 0.1) is 0 Å². The van der Waals surface area contributed by atoms with Crippen molar-refractivity contribution in [1.82, 2.24) is 0 Å². The largest absolute Gasteiger partial charge is 0.435 e. The molecule has 20 heavy (non-hydrogen) atoms. The maximum Gasteiger partial charge on any atom is 0.387 e. The van der Waals surface area contributed by atoms with Crippen LogP contribution >= 0.6 is 0 Å². The average Bonchev–Trinajstić information content (AvgIpc) is 2.37. The van der Waals surface area contributed by atoms with Gasteiger partial charge in [0, 0.05) is 5.92 Å². The van der Waals surface area contributed by atoms with Crippen molar-refractivity contribution >= 4 is 0 Å². The highest BCUT2D eigenvalue weighted by Gasteiger charge is 2.27. The van der Waals surface area contributed by atoms with E-state index in [2.05, 4.69) is 4.74 Å². The second kappa shape index (κ2) is 6.48. The zero-order chi connectivity index (χ0) is 14.7. The van der Waals surface area contributed by atoms with Gasteiger partial charge in [-0.3, -0.25) is 0 Å². The molecule has 0 saturated heterocycles. The average molecular weight is 288 g/mol. The van der Waals surface area contributed by atoms with E-state index >= 15 is 0 Å². The van der Waals surface area contributed by atoms with E-state index in [0.29, 0.717) is 19.4 Å². The molecule has 1 aromatic rings. The summed E-state index contributed by atoms with van der Waals surface area (Å²) in [6.45, 7) is 1.08. The van der Waals surface area contributed by atoms with Gasteiger partial charge in [-0.15, -0.1) is 0 Å². The van der Waals surface area contributed by atoms with Gasteiger partial charge in [0.2, 0.25) is 0 Å². The second-order valence-electron chi connectivity index (χ2n) is 5.24. The number of benzene rings is 1. The summed E-state index contributed by atoms with van der Waals surface area (Å²) in [6.07, 6.45) is 0.265. The van der Waals surface area contributed by atoms with Gasteiger partial charge in [-0.25, -0.2) is 4.39 Å². The van der Waals surface area contributed by atoms with Gasteiger partial charge in [-0.05, 0) is 43.0 Å². The Labute approximate surface area is 116 Å². The summed E-state index contributed by atoms with van der Waals surface area (Å²) in [5.74, 6) is 0.267. The van der Waals surface area contributed by atoms with Crippen molar-refractivity contribution in [3.05, 3.63) is 29.3 Å². The molecule has 5 heteroatoms. The van der Waals surface area contributed by atoms with Gasteiger partial charge < -0.3 is 9.47 Å². The molecule has 0 radical (unpaired) electrons. The molecule has 0 spiro atoms. The summed E-state index contributed by atoms with van der Waals surface area (Å²) in [5.41, 5.74) is 1.93. The molecular weight excluding hydrogens is 269 g/mol. The molecule has 0 bridgehead atoms. The second-order valence-corrected chi connectivity index (χ2v) is 5.24. The Kier molecular flexibility index (Phi) is 4.91. The number of ether oxygens (including phenoxy) is 2. The molecule has 0 amide bonds. The number of hydrogen-bond donors (Lipinski definition) is 0. The highest BCUT2D eigenvalue weighted by Crippen LogP contribution is 2.35. The zero-order valence-corrected chi connectivity index (χ0v) is 11.6. The highest BCUT2D eigenvalue weighted by molar-refractivity contribution is 5.39. The Morgan fingerprint density at radius 1 is 1.35 bits per heavy atom. The minimum Gasteiger partial charge on any atom is -0.435 e. The zero-order valence-electron chi connectivity index (χ0n) is 11.6. The van der Waals surface area contributed by atoms with Crippen molar-refractivity contribution in [2.75, 3.05) is 0 Å². The smallest absolute Gasteiger partial charge is 0.387 e. The predicted octanol–water partition coefficient (Wildman–Crippen LogP) is 4.43. The number of hydrogen-bond acceptors (Lipinski definition) is 2. The summed E-state index contributed by atoms with van der Waals surface area (Å²) in [6, 6.07) is 4.93. The molecule has 1 aromatic carbocycles. The summed E-state index contributed by atoms with van der Waals surface area (Å²) >= 11 is 0. The van der Waals surface area contributed by atoms with Crippen molar-refractivity contribution in [3.8, 4) is 5.75 Å². The van der Waals surface area contributed by atoms with E-state index < -0.39 is 12.8 Å². The van der Waals surface area contributed by atoms with Gasteiger partial charge in [-0.2, -0.15) is 8.78 Å². The first-order valence-corrected chi connectivity index (χ1v) is 6.80. The first-order valence-electron chi connectivity index (χ1n) is 6.80. The molecule has 1 aliphatic rings. The molecular formula is C15H19F3O2. The lowest BCUT2D eigenvalue weighted by Gasteiger charge is -2.32. The molecule has 112 valence electrons. The van der Waals surface area contributed by atoms with Crippen LogP contribution in [-0.2, 0) is 11.3 Å². The third kappa shape index (κ3) is 3.66. The fraction of sp³-hybridized carbons (Fsp3) is 0.600. The Hall–Kier alpha value is -1.23. The quantitative estimate of drug-likeness (QED) is 0.798. The number of fused-ring (bicyclic) bond motifs is 1. The van der Waals surface area contributed by atoms with Crippen molar-refractivity contribution in [2.24, 2.45) is 0 Å². The lowest BCUT2D eigenvalue weighted by Crippen LogP contribution is -2.27. The van der Waals surface area contributed by atoms with Crippen LogP contribution in [0.2, 0.25) is 0 Å². The van der Waals surface area contributed by atoms with Crippen LogP contribution < -0.4 is 4.74 Å². The molecule has 2 rings (SSSR count). The molecule has 0 aliphatic carbocycles. The first kappa shape index (κ1) is 15.2. The van der Waals surface area contributed by atoms with E-state index in [0.717, 1.165) is 11.1 Å². The van der Waals surface area contributed by atoms with Crippen molar-refractivity contribution in [3.63, 3.8) is 0 Å². The summed E-state index contributed by atoms with van der Waals surface area (Å²) < 4.78 is 47.4. The fourth-order valence-electron chi connectivity index (χ4n) is 2.60. The summed E-state index contributed by atoms with van der Waals surface area (Å²) in [4.78, 5) is 0. The Morgan fingerprint density at radius 2 is 2.10 bits per heavy atom. The standard InChI is InChI=1S/C15H19F3O2/c1-9(16)3-6-14-10(2)13-5-4-12(20-15(17)18)7-11(13)8-19-14/h4-5,7,9-10,14-15H,3,6,8H2,1-2H3/t9-,10-,14-/m0/s1. The van der Waals surface area contributed by atoms with Gasteiger partial charge >= 0.3 is 6.61 Å². The van der Waals surface area contributed by atoms with Crippen LogP contribution in [-0.4, -0.2) is 18.9 Å². The van der Waals surface area contributed by atoms with Gasteiger partial charge in [-0.1, -0.05) is 13.0 Å². The predicted molar refractivity (Wildman–Crippen MR) is 69.9 cm³/mol. The summed E-state index contributed by atoms with van der Waals surface area (Å²) in [5, 5.41) is 0. The van der Waals surface area contributed by atoms with E-state index in [4.69, 9.17) is 4.74 Å². The third-order valence-corrected chi connectivity index (χ3v) is 3.69. The van der Waals surface area contributed by atoms with E-state index in [1.165, 1.54) is 6.92 Å². The van der Waals surface area contributed by atoms with Gasteiger partial charge in [0.15, 0.2) is 0 Å². The van der Waals surface area contributed by atoms with Crippen LogP contribution in [0.15, 0.2) is 18.2 Å². The van der Waals surface area contributed by atoms with Crippen LogP contribution in [0.1, 0.15) is 43.7 Å². The van der Waals surface area contributed by atoms with Gasteiger partial charge in [0.05, 0.1) is 18.9 Å². The van der Waals surface area contributed by atoms with Crippen LogP contribution in [0.4, 0.5) is 13.2 Å². The van der Waals surface area contributed by atoms with Crippen molar-refractivity contribution in [2.45, 2.75) is 58.1 Å². The molecule has 0 fully saturated rings. The third-order valence-electron chi connectivity index (χ3n) is 3.69. The van der Waals surface area contributed by atoms with Crippen LogP contribution in [0.5, 0.6) is 5.75 Å². The van der Waals surface area contributed by atoms with Crippen molar-refractivity contribution < 1.29 is 22.6 Å². The summed E-state index contributed by atoms with van der Waals surface area (Å²) in [7, 11) is 0. The van der Waals surface area contributed by atoms with E-state index in [-0.39, 0.29) is 17.8 Å². The number of rotatable bonds is 5. The minimum absolute atomic E-state index is 0.0254. The molecule has 0 aromatic heterocycles. The molecule has 3 atom stereocenters. The van der Waals surface area contributed by atoms with Gasteiger partial charge in [0.25, 0.3) is 0 Å². The molecule has 0 unspecified atom stereocenters. The number of alkyl halides is 3. The lowest BCUT2D eigenvalue weighted by molar-refractivity contribution is -0.0503. The normalized spacial score (nSPS) is 23.5. The van der Waals surface area contributed by atoms with Crippen LogP contribution in [0.3, 0.4) is 0 Å². The van der Waals surface area contributed by atoms with E-state index in [9.17, 15) is 13.2 Å². The topological polar surface area (TPSA) is 18.5 Å². The van der Waals surface area contributed by atoms with E-state index in [1.807, 2.05) is 6.92 Å². The molecule has 0 N–H and O–H groups in total. The van der Waals surface area contributed by atoms with Crippen molar-refractivity contribution in [1.29, 1.82) is 0 Å². The van der Waals surface area contributed by atoms with E-state index in [1.54, 1.807) is 18.2 Å². The molecule has 0 saturated carbocycles. The molecule has 1 aliphatic heterocycles. The van der Waals surface area contributed by atoms with Gasteiger partial charge in [0.1, 0.15) is 5.75 Å².